The first kappa shape index (κ1) is 18.1. The van der Waals surface area contributed by atoms with E-state index in [1.807, 2.05) is 19.1 Å². The molecule has 4 amide bonds. The number of hydrogen-bond donors (Lipinski definition) is 2. The molecule has 130 valence electrons. The second-order valence-corrected chi connectivity index (χ2v) is 5.58. The van der Waals surface area contributed by atoms with E-state index in [1.54, 1.807) is 12.1 Å². The number of urea groups is 1. The van der Waals surface area contributed by atoms with Crippen LogP contribution in [0.1, 0.15) is 12.1 Å². The highest BCUT2D eigenvalue weighted by atomic mass is 16.2. The van der Waals surface area contributed by atoms with Gasteiger partial charge in [-0.1, -0.05) is 6.07 Å². The van der Waals surface area contributed by atoms with Crippen LogP contribution in [0.3, 0.4) is 0 Å². The summed E-state index contributed by atoms with van der Waals surface area (Å²) in [6, 6.07) is 6.63. The number of carbonyl (C=O) groups excluding carboxylic acids is 3. The minimum absolute atomic E-state index is 0.0866. The molecule has 1 atom stereocenters. The molecule has 1 aliphatic rings. The summed E-state index contributed by atoms with van der Waals surface area (Å²) in [5.74, 6) is -1.34. The molecule has 2 N–H and O–H groups in total. The number of amides is 4. The number of nitrogens with one attached hydrogen (secondary N) is 2. The van der Waals surface area contributed by atoms with Crippen molar-refractivity contribution in [3.05, 3.63) is 23.9 Å². The van der Waals surface area contributed by atoms with Crippen molar-refractivity contribution in [2.24, 2.45) is 5.92 Å². The minimum atomic E-state index is -1.10. The van der Waals surface area contributed by atoms with Crippen LogP contribution in [0.5, 0.6) is 0 Å². The molecule has 0 aromatic carbocycles. The molecule has 0 bridgehead atoms. The molecule has 1 aromatic heterocycles. The van der Waals surface area contributed by atoms with Crippen molar-refractivity contribution < 1.29 is 19.4 Å². The Bertz CT molecular complexity index is 782. The molecular formula is C16H19N6O3+. The van der Waals surface area contributed by atoms with Crippen molar-refractivity contribution >= 4 is 29.5 Å². The maximum absolute atomic E-state index is 12.0. The van der Waals surface area contributed by atoms with Gasteiger partial charge in [0.05, 0.1) is 26.1 Å². The number of amidine groups is 1. The molecule has 0 saturated carbocycles. The number of carbonyl (C=O) groups is 3. The monoisotopic (exact) mass is 343 g/mol. The Balaban J connectivity index is 2.02. The topological polar surface area (TPSA) is 120 Å². The number of imide groups is 1. The Morgan fingerprint density at radius 1 is 1.36 bits per heavy atom. The lowest BCUT2D eigenvalue weighted by Crippen LogP contribution is -2.81. The van der Waals surface area contributed by atoms with Gasteiger partial charge in [-0.15, -0.1) is 0 Å². The predicted molar refractivity (Wildman–Crippen MR) is 88.1 cm³/mol. The zero-order valence-corrected chi connectivity index (χ0v) is 14.2. The Kier molecular flexibility index (Phi) is 5.44. The Hall–Kier alpha value is -3.28. The van der Waals surface area contributed by atoms with Crippen LogP contribution in [0, 0.1) is 24.2 Å². The van der Waals surface area contributed by atoms with Crippen molar-refractivity contribution in [2.75, 3.05) is 26.0 Å². The van der Waals surface area contributed by atoms with Crippen molar-refractivity contribution in [3.63, 3.8) is 0 Å². The summed E-state index contributed by atoms with van der Waals surface area (Å²) >= 11 is 0. The molecule has 1 fully saturated rings. The molecule has 1 aromatic rings. The van der Waals surface area contributed by atoms with E-state index in [9.17, 15) is 19.6 Å². The molecule has 1 aliphatic heterocycles. The fourth-order valence-corrected chi connectivity index (χ4v) is 2.39. The minimum Gasteiger partial charge on any atom is -0.311 e. The van der Waals surface area contributed by atoms with Crippen molar-refractivity contribution in [1.29, 1.82) is 5.26 Å². The largest absolute Gasteiger partial charge is 0.417 e. The van der Waals surface area contributed by atoms with E-state index < -0.39 is 17.9 Å². The van der Waals surface area contributed by atoms with Crippen LogP contribution in [0.25, 0.3) is 0 Å². The van der Waals surface area contributed by atoms with Crippen LogP contribution < -0.4 is 10.3 Å². The molecule has 1 unspecified atom stereocenters. The van der Waals surface area contributed by atoms with Crippen LogP contribution in [0.15, 0.2) is 18.2 Å². The van der Waals surface area contributed by atoms with Crippen LogP contribution in [0.4, 0.5) is 10.6 Å². The summed E-state index contributed by atoms with van der Waals surface area (Å²) in [7, 11) is 2.79. The summed E-state index contributed by atoms with van der Waals surface area (Å²) < 4.78 is 0. The molecule has 2 heterocycles. The second kappa shape index (κ2) is 7.53. The molecule has 25 heavy (non-hydrogen) atoms. The summed E-state index contributed by atoms with van der Waals surface area (Å²) in [6.45, 7) is 1.99. The third-order valence-corrected chi connectivity index (χ3v) is 3.73. The maximum atomic E-state index is 12.0. The van der Waals surface area contributed by atoms with E-state index in [-0.39, 0.29) is 24.7 Å². The SMILES string of the molecule is Cc1cccc(NC(=O)CC[NH+]=C2C(C#N)C(=O)N(C)C(=O)N2C)n1. The van der Waals surface area contributed by atoms with Crippen molar-refractivity contribution in [2.45, 2.75) is 13.3 Å². The number of anilines is 1. The van der Waals surface area contributed by atoms with Gasteiger partial charge < -0.3 is 5.32 Å². The van der Waals surface area contributed by atoms with Gasteiger partial charge in [0.2, 0.25) is 11.8 Å². The zero-order chi connectivity index (χ0) is 18.6. The zero-order valence-electron chi connectivity index (χ0n) is 14.2. The van der Waals surface area contributed by atoms with Gasteiger partial charge in [-0.3, -0.25) is 14.6 Å². The van der Waals surface area contributed by atoms with E-state index in [2.05, 4.69) is 15.3 Å². The predicted octanol–water partition coefficient (Wildman–Crippen LogP) is -1.14. The third-order valence-electron chi connectivity index (χ3n) is 3.73. The van der Waals surface area contributed by atoms with Gasteiger partial charge in [-0.25, -0.2) is 14.7 Å². The lowest BCUT2D eigenvalue weighted by molar-refractivity contribution is -0.462. The molecule has 1 saturated heterocycles. The number of aryl methyl sites for hydroxylation is 1. The first-order chi connectivity index (χ1) is 11.8. The summed E-state index contributed by atoms with van der Waals surface area (Å²) in [5, 5.41) is 11.9. The van der Waals surface area contributed by atoms with Crippen LogP contribution in [-0.2, 0) is 9.59 Å². The first-order valence-corrected chi connectivity index (χ1v) is 7.64. The van der Waals surface area contributed by atoms with Gasteiger partial charge in [0.25, 0.3) is 11.7 Å². The maximum Gasteiger partial charge on any atom is 0.417 e. The van der Waals surface area contributed by atoms with E-state index >= 15 is 0 Å². The lowest BCUT2D eigenvalue weighted by Gasteiger charge is -2.26. The number of nitriles is 1. The van der Waals surface area contributed by atoms with Gasteiger partial charge in [-0.2, -0.15) is 10.2 Å². The van der Waals surface area contributed by atoms with Crippen LogP contribution in [-0.4, -0.2) is 59.1 Å². The molecular weight excluding hydrogens is 324 g/mol. The average Bonchev–Trinajstić information content (AvgIpc) is 2.57. The van der Waals surface area contributed by atoms with Gasteiger partial charge in [0.1, 0.15) is 5.82 Å². The molecule has 9 heteroatoms. The van der Waals surface area contributed by atoms with Crippen molar-refractivity contribution in [3.8, 4) is 6.07 Å². The highest BCUT2D eigenvalue weighted by molar-refractivity contribution is 6.17. The Morgan fingerprint density at radius 3 is 2.72 bits per heavy atom. The standard InChI is InChI=1S/C16H18N6O3/c1-10-5-4-6-12(19-10)20-13(23)7-8-18-14-11(9-17)15(24)22(3)16(25)21(14)2/h4-6,11H,7-8H2,1-3H3,(H,19,20,23)/p+1. The fraction of sp³-hybridized carbons (Fsp3) is 0.375. The van der Waals surface area contributed by atoms with Gasteiger partial charge in [0.15, 0.2) is 0 Å². The smallest absolute Gasteiger partial charge is 0.311 e. The Labute approximate surface area is 145 Å². The number of nitrogens with zero attached hydrogens (tertiary/aromatic N) is 4. The Morgan fingerprint density at radius 2 is 2.08 bits per heavy atom. The fourth-order valence-electron chi connectivity index (χ4n) is 2.39. The normalized spacial score (nSPS) is 19.1. The quantitative estimate of drug-likeness (QED) is 0.716. The first-order valence-electron chi connectivity index (χ1n) is 7.64. The van der Waals surface area contributed by atoms with Crippen molar-refractivity contribution in [1.82, 2.24) is 14.8 Å². The summed E-state index contributed by atoms with van der Waals surface area (Å²) in [4.78, 5) is 45.0. The highest BCUT2D eigenvalue weighted by Crippen LogP contribution is 2.12. The molecule has 9 nitrogen and oxygen atoms in total. The van der Waals surface area contributed by atoms with Gasteiger partial charge >= 0.3 is 6.03 Å². The second-order valence-electron chi connectivity index (χ2n) is 5.58. The van der Waals surface area contributed by atoms with Crippen LogP contribution in [0.2, 0.25) is 0 Å². The number of rotatable bonds is 4. The number of hydrogen-bond acceptors (Lipinski definition) is 5. The van der Waals surface area contributed by atoms with Crippen LogP contribution >= 0.6 is 0 Å². The summed E-state index contributed by atoms with van der Waals surface area (Å²) in [5.41, 5.74) is 0.785. The van der Waals surface area contributed by atoms with E-state index in [1.165, 1.54) is 19.0 Å². The van der Waals surface area contributed by atoms with Gasteiger partial charge in [-0.05, 0) is 19.1 Å². The molecule has 0 spiro atoms. The summed E-state index contributed by atoms with van der Waals surface area (Å²) in [6.07, 6.45) is 0.0866. The van der Waals surface area contributed by atoms with E-state index in [0.717, 1.165) is 10.6 Å². The average molecular weight is 343 g/mol. The lowest BCUT2D eigenvalue weighted by atomic mass is 10.1. The number of aromatic nitrogens is 1. The molecule has 0 radical (unpaired) electrons. The molecule has 2 rings (SSSR count). The molecule has 0 aliphatic carbocycles. The van der Waals surface area contributed by atoms with E-state index in [4.69, 9.17) is 0 Å². The van der Waals surface area contributed by atoms with E-state index in [0.29, 0.717) is 5.82 Å². The highest BCUT2D eigenvalue weighted by Gasteiger charge is 2.46. The number of pyridine rings is 1. The van der Waals surface area contributed by atoms with Gasteiger partial charge in [0, 0.05) is 12.7 Å². The third kappa shape index (κ3) is 3.98.